The molecule has 1 aliphatic heterocycles. The number of nitrogens with zero attached hydrogens (tertiary/aromatic N) is 2. The second-order valence-corrected chi connectivity index (χ2v) is 7.24. The summed E-state index contributed by atoms with van der Waals surface area (Å²) in [6.07, 6.45) is 4.83. The van der Waals surface area contributed by atoms with Crippen LogP contribution in [0.3, 0.4) is 0 Å². The number of carbonyl (C=O) groups excluding carboxylic acids is 1. The monoisotopic (exact) mass is 352 g/mol. The van der Waals surface area contributed by atoms with E-state index in [0.717, 1.165) is 49.6 Å². The topological polar surface area (TPSA) is 76.1 Å². The summed E-state index contributed by atoms with van der Waals surface area (Å²) in [6, 6.07) is 1.62. The van der Waals surface area contributed by atoms with Crippen LogP contribution in [0.5, 0.6) is 0 Å². The fourth-order valence-corrected chi connectivity index (χ4v) is 3.24. The van der Waals surface area contributed by atoms with Crippen LogP contribution in [0, 0.1) is 19.8 Å². The number of carbonyl (C=O) groups is 1. The van der Waals surface area contributed by atoms with Gasteiger partial charge in [-0.05, 0) is 57.1 Å². The average molecular weight is 353 g/mol. The number of hydrogen-bond acceptors (Lipinski definition) is 6. The van der Waals surface area contributed by atoms with Crippen molar-refractivity contribution in [3.8, 4) is 0 Å². The highest BCUT2D eigenvalue weighted by molar-refractivity contribution is 7.98. The largest absolute Gasteiger partial charge is 0.381 e. The zero-order chi connectivity index (χ0) is 17.4. The van der Waals surface area contributed by atoms with Crippen molar-refractivity contribution in [3.63, 3.8) is 0 Å². The molecule has 0 unspecified atom stereocenters. The maximum absolute atomic E-state index is 12.6. The van der Waals surface area contributed by atoms with E-state index >= 15 is 0 Å². The first kappa shape index (κ1) is 19.0. The van der Waals surface area contributed by atoms with Gasteiger partial charge in [0.1, 0.15) is 6.04 Å². The van der Waals surface area contributed by atoms with Crippen LogP contribution in [0.4, 0.5) is 5.95 Å². The number of thioether (sulfide) groups is 1. The van der Waals surface area contributed by atoms with Gasteiger partial charge in [0.25, 0.3) is 0 Å². The second kappa shape index (κ2) is 9.84. The standard InChI is InChI=1S/C17H28N4O2S/c1-12-10-13(2)20-17(19-12)21-15(6-9-24-3)16(22)18-11-14-4-7-23-8-5-14/h10,14-15H,4-9,11H2,1-3H3,(H,18,22)(H,19,20,21)/t15-/m1/s1. The Balaban J connectivity index is 1.93. The number of rotatable bonds is 8. The number of aryl methyl sites for hydroxylation is 2. The molecule has 134 valence electrons. The number of nitrogens with one attached hydrogen (secondary N) is 2. The first-order chi connectivity index (χ1) is 11.6. The van der Waals surface area contributed by atoms with Gasteiger partial charge in [0, 0.05) is 31.1 Å². The molecule has 6 nitrogen and oxygen atoms in total. The van der Waals surface area contributed by atoms with Crippen LogP contribution in [-0.4, -0.2) is 53.7 Å². The minimum absolute atomic E-state index is 0.0262. The predicted octanol–water partition coefficient (Wildman–Crippen LogP) is 2.17. The molecular formula is C17H28N4O2S. The summed E-state index contributed by atoms with van der Waals surface area (Å²) in [6.45, 7) is 6.17. The van der Waals surface area contributed by atoms with Crippen molar-refractivity contribution in [1.29, 1.82) is 0 Å². The van der Waals surface area contributed by atoms with Gasteiger partial charge in [-0.2, -0.15) is 11.8 Å². The Morgan fingerprint density at radius 3 is 2.62 bits per heavy atom. The Kier molecular flexibility index (Phi) is 7.78. The third kappa shape index (κ3) is 6.28. The van der Waals surface area contributed by atoms with Crippen molar-refractivity contribution in [1.82, 2.24) is 15.3 Å². The summed E-state index contributed by atoms with van der Waals surface area (Å²) in [7, 11) is 0. The van der Waals surface area contributed by atoms with Gasteiger partial charge in [-0.15, -0.1) is 0 Å². The lowest BCUT2D eigenvalue weighted by molar-refractivity contribution is -0.122. The van der Waals surface area contributed by atoms with Gasteiger partial charge in [0.2, 0.25) is 11.9 Å². The maximum Gasteiger partial charge on any atom is 0.242 e. The zero-order valence-electron chi connectivity index (χ0n) is 14.8. The summed E-state index contributed by atoms with van der Waals surface area (Å²) in [5.74, 6) is 1.98. The zero-order valence-corrected chi connectivity index (χ0v) is 15.6. The molecule has 0 aliphatic carbocycles. The Bertz CT molecular complexity index is 515. The molecule has 1 amide bonds. The van der Waals surface area contributed by atoms with Crippen LogP contribution >= 0.6 is 11.8 Å². The molecule has 0 aromatic carbocycles. The average Bonchev–Trinajstić information content (AvgIpc) is 2.56. The van der Waals surface area contributed by atoms with E-state index in [1.165, 1.54) is 0 Å². The molecule has 7 heteroatoms. The third-order valence-electron chi connectivity index (χ3n) is 4.12. The lowest BCUT2D eigenvalue weighted by Gasteiger charge is -2.24. The predicted molar refractivity (Wildman–Crippen MR) is 98.5 cm³/mol. The quantitative estimate of drug-likeness (QED) is 0.747. The summed E-state index contributed by atoms with van der Waals surface area (Å²) < 4.78 is 5.36. The van der Waals surface area contributed by atoms with Crippen molar-refractivity contribution in [3.05, 3.63) is 17.5 Å². The third-order valence-corrected chi connectivity index (χ3v) is 4.76. The molecule has 0 radical (unpaired) electrons. The van der Waals surface area contributed by atoms with E-state index in [-0.39, 0.29) is 11.9 Å². The van der Waals surface area contributed by atoms with Gasteiger partial charge in [0.15, 0.2) is 0 Å². The maximum atomic E-state index is 12.6. The minimum atomic E-state index is -0.307. The SMILES string of the molecule is CSCC[C@@H](Nc1nc(C)cc(C)n1)C(=O)NCC1CCOCC1. The van der Waals surface area contributed by atoms with Crippen molar-refractivity contribution in [2.75, 3.05) is 37.1 Å². The number of hydrogen-bond donors (Lipinski definition) is 2. The van der Waals surface area contributed by atoms with Crippen LogP contribution in [0.2, 0.25) is 0 Å². The fraction of sp³-hybridized carbons (Fsp3) is 0.706. The van der Waals surface area contributed by atoms with Crippen molar-refractivity contribution in [2.24, 2.45) is 5.92 Å². The summed E-state index contributed by atoms with van der Waals surface area (Å²) in [5.41, 5.74) is 1.80. The lowest BCUT2D eigenvalue weighted by atomic mass is 10.0. The fourth-order valence-electron chi connectivity index (χ4n) is 2.77. The lowest BCUT2D eigenvalue weighted by Crippen LogP contribution is -2.43. The molecule has 0 saturated carbocycles. The van der Waals surface area contributed by atoms with Gasteiger partial charge in [-0.25, -0.2) is 9.97 Å². The second-order valence-electron chi connectivity index (χ2n) is 6.25. The Labute approximate surface area is 148 Å². The van der Waals surface area contributed by atoms with Gasteiger partial charge >= 0.3 is 0 Å². The molecule has 24 heavy (non-hydrogen) atoms. The highest BCUT2D eigenvalue weighted by atomic mass is 32.2. The number of amides is 1. The molecular weight excluding hydrogens is 324 g/mol. The van der Waals surface area contributed by atoms with Crippen molar-refractivity contribution >= 4 is 23.6 Å². The highest BCUT2D eigenvalue weighted by Crippen LogP contribution is 2.14. The van der Waals surface area contributed by atoms with E-state index in [1.807, 2.05) is 26.2 Å². The van der Waals surface area contributed by atoms with Crippen molar-refractivity contribution < 1.29 is 9.53 Å². The number of anilines is 1. The van der Waals surface area contributed by atoms with E-state index in [9.17, 15) is 4.79 Å². The van der Waals surface area contributed by atoms with Gasteiger partial charge in [-0.1, -0.05) is 0 Å². The van der Waals surface area contributed by atoms with Crippen LogP contribution in [-0.2, 0) is 9.53 Å². The molecule has 0 spiro atoms. The molecule has 1 saturated heterocycles. The van der Waals surface area contributed by atoms with E-state index in [0.29, 0.717) is 18.4 Å². The first-order valence-electron chi connectivity index (χ1n) is 8.51. The highest BCUT2D eigenvalue weighted by Gasteiger charge is 2.21. The van der Waals surface area contributed by atoms with Crippen molar-refractivity contribution in [2.45, 2.75) is 39.2 Å². The molecule has 1 fully saturated rings. The molecule has 2 heterocycles. The van der Waals surface area contributed by atoms with Crippen LogP contribution in [0.1, 0.15) is 30.7 Å². The summed E-state index contributed by atoms with van der Waals surface area (Å²) in [4.78, 5) is 21.4. The Hall–Kier alpha value is -1.34. The molecule has 1 aliphatic rings. The van der Waals surface area contributed by atoms with Crippen LogP contribution in [0.15, 0.2) is 6.07 Å². The summed E-state index contributed by atoms with van der Waals surface area (Å²) in [5, 5.41) is 6.30. The van der Waals surface area contributed by atoms with E-state index in [4.69, 9.17) is 4.74 Å². The molecule has 2 N–H and O–H groups in total. The Morgan fingerprint density at radius 1 is 1.33 bits per heavy atom. The summed E-state index contributed by atoms with van der Waals surface area (Å²) >= 11 is 1.73. The van der Waals surface area contributed by atoms with E-state index in [2.05, 4.69) is 20.6 Å². The smallest absolute Gasteiger partial charge is 0.242 e. The van der Waals surface area contributed by atoms with E-state index < -0.39 is 0 Å². The van der Waals surface area contributed by atoms with E-state index in [1.54, 1.807) is 11.8 Å². The van der Waals surface area contributed by atoms with Gasteiger partial charge in [-0.3, -0.25) is 4.79 Å². The number of ether oxygens (including phenoxy) is 1. The molecule has 2 rings (SSSR count). The molecule has 0 bridgehead atoms. The first-order valence-corrected chi connectivity index (χ1v) is 9.91. The number of aromatic nitrogens is 2. The van der Waals surface area contributed by atoms with Crippen LogP contribution < -0.4 is 10.6 Å². The van der Waals surface area contributed by atoms with Gasteiger partial charge in [0.05, 0.1) is 0 Å². The normalized spacial score (nSPS) is 16.6. The Morgan fingerprint density at radius 2 is 2.00 bits per heavy atom. The molecule has 1 aromatic rings. The van der Waals surface area contributed by atoms with Crippen LogP contribution in [0.25, 0.3) is 0 Å². The molecule has 1 aromatic heterocycles. The molecule has 1 atom stereocenters. The minimum Gasteiger partial charge on any atom is -0.381 e. The van der Waals surface area contributed by atoms with Gasteiger partial charge < -0.3 is 15.4 Å².